The van der Waals surface area contributed by atoms with Gasteiger partial charge in [-0.15, -0.1) is 0 Å². The second-order valence-electron chi connectivity index (χ2n) is 10.4. The maximum absolute atomic E-state index is 13.4. The molecule has 230 valence electrons. The molecule has 0 saturated carbocycles. The van der Waals surface area contributed by atoms with Gasteiger partial charge in [0, 0.05) is 57.0 Å². The first kappa shape index (κ1) is 31.2. The maximum Gasteiger partial charge on any atom is 0.409 e. The maximum atomic E-state index is 13.4. The normalized spacial score (nSPS) is 15.8. The van der Waals surface area contributed by atoms with Crippen LogP contribution in [0.4, 0.5) is 4.79 Å². The van der Waals surface area contributed by atoms with Crippen molar-refractivity contribution in [3.8, 4) is 5.75 Å². The number of aryl methyl sites for hydroxylation is 1. The number of pyridine rings is 1. The van der Waals surface area contributed by atoms with Gasteiger partial charge in [0.1, 0.15) is 17.5 Å². The number of aromatic nitrogens is 1. The molecule has 1 aromatic carbocycles. The van der Waals surface area contributed by atoms with E-state index in [2.05, 4.69) is 10.3 Å². The van der Waals surface area contributed by atoms with Gasteiger partial charge in [-0.05, 0) is 38.0 Å². The van der Waals surface area contributed by atoms with E-state index >= 15 is 0 Å². The molecule has 3 heterocycles. The summed E-state index contributed by atoms with van der Waals surface area (Å²) >= 11 is 0. The van der Waals surface area contributed by atoms with E-state index in [4.69, 9.17) is 9.47 Å². The third kappa shape index (κ3) is 7.96. The molecule has 1 unspecified atom stereocenters. The summed E-state index contributed by atoms with van der Waals surface area (Å²) in [5.41, 5.74) is 1.21. The lowest BCUT2D eigenvalue weighted by Gasteiger charge is -2.35. The quantitative estimate of drug-likeness (QED) is 0.402. The SMILES string of the molecule is CCOC(=O)N1CCN(C(=O)C(CCC(=O)O)NC(=O)c2cc(OCC(=O)N3CCC(=O)C3)c3ccc(C)cc3n2)CC1. The molecule has 2 N–H and O–H groups in total. The Balaban J connectivity index is 1.51. The van der Waals surface area contributed by atoms with Crippen LogP contribution in [0.1, 0.15) is 42.2 Å². The number of carboxylic acid groups (broad SMARTS) is 1. The monoisotopic (exact) mass is 597 g/mol. The van der Waals surface area contributed by atoms with E-state index in [1.54, 1.807) is 19.1 Å². The molecule has 2 saturated heterocycles. The zero-order valence-corrected chi connectivity index (χ0v) is 24.2. The predicted octanol–water partition coefficient (Wildman–Crippen LogP) is 0.987. The molecule has 14 heteroatoms. The molecule has 2 aliphatic rings. The third-order valence-corrected chi connectivity index (χ3v) is 7.26. The summed E-state index contributed by atoms with van der Waals surface area (Å²) < 4.78 is 10.8. The zero-order valence-electron chi connectivity index (χ0n) is 24.2. The van der Waals surface area contributed by atoms with Crippen LogP contribution in [-0.4, -0.2) is 119 Å². The van der Waals surface area contributed by atoms with Gasteiger partial charge in [0.2, 0.25) is 5.91 Å². The van der Waals surface area contributed by atoms with Crippen molar-refractivity contribution in [2.75, 3.05) is 52.5 Å². The molecule has 1 aromatic heterocycles. The number of nitrogens with one attached hydrogen (secondary N) is 1. The molecule has 2 fully saturated rings. The highest BCUT2D eigenvalue weighted by molar-refractivity contribution is 5.99. The summed E-state index contributed by atoms with van der Waals surface area (Å²) in [6.07, 6.45) is -0.691. The van der Waals surface area contributed by atoms with Gasteiger partial charge in [-0.2, -0.15) is 0 Å². The Morgan fingerprint density at radius 1 is 1.02 bits per heavy atom. The lowest BCUT2D eigenvalue weighted by atomic mass is 10.1. The fraction of sp³-hybridized carbons (Fsp3) is 0.483. The van der Waals surface area contributed by atoms with Crippen LogP contribution in [0.5, 0.6) is 5.75 Å². The van der Waals surface area contributed by atoms with Gasteiger partial charge >= 0.3 is 12.1 Å². The number of nitrogens with zero attached hydrogens (tertiary/aromatic N) is 4. The lowest BCUT2D eigenvalue weighted by Crippen LogP contribution is -2.56. The van der Waals surface area contributed by atoms with Crippen LogP contribution in [0.15, 0.2) is 24.3 Å². The van der Waals surface area contributed by atoms with Crippen molar-refractivity contribution in [1.82, 2.24) is 25.0 Å². The number of amides is 4. The molecule has 4 amide bonds. The van der Waals surface area contributed by atoms with Crippen molar-refractivity contribution in [2.24, 2.45) is 0 Å². The van der Waals surface area contributed by atoms with E-state index in [-0.39, 0.29) is 81.9 Å². The number of ether oxygens (including phenoxy) is 2. The second-order valence-corrected chi connectivity index (χ2v) is 10.4. The molecular weight excluding hydrogens is 562 g/mol. The first-order chi connectivity index (χ1) is 20.5. The van der Waals surface area contributed by atoms with Gasteiger partial charge in [-0.3, -0.25) is 24.0 Å². The van der Waals surface area contributed by atoms with E-state index in [0.29, 0.717) is 23.9 Å². The molecule has 1 atom stereocenters. The van der Waals surface area contributed by atoms with Gasteiger partial charge in [-0.25, -0.2) is 9.78 Å². The minimum absolute atomic E-state index is 0.0231. The lowest BCUT2D eigenvalue weighted by molar-refractivity contribution is -0.138. The Bertz CT molecular complexity index is 1420. The van der Waals surface area contributed by atoms with Gasteiger partial charge in [0.25, 0.3) is 11.8 Å². The molecule has 2 aromatic rings. The minimum Gasteiger partial charge on any atom is -0.483 e. The fourth-order valence-corrected chi connectivity index (χ4v) is 4.92. The number of piperazine rings is 1. The van der Waals surface area contributed by atoms with E-state index < -0.39 is 29.9 Å². The second kappa shape index (κ2) is 13.9. The number of hydrogen-bond donors (Lipinski definition) is 2. The Hall–Kier alpha value is -4.75. The molecular formula is C29H35N5O9. The number of carboxylic acids is 1. The molecule has 0 radical (unpaired) electrons. The van der Waals surface area contributed by atoms with E-state index in [9.17, 15) is 33.9 Å². The van der Waals surface area contributed by atoms with Crippen molar-refractivity contribution >= 4 is 46.5 Å². The molecule has 4 rings (SSSR count). The Morgan fingerprint density at radius 3 is 2.40 bits per heavy atom. The number of carbonyl (C=O) groups is 6. The third-order valence-electron chi connectivity index (χ3n) is 7.26. The number of ketones is 1. The highest BCUT2D eigenvalue weighted by Gasteiger charge is 2.31. The molecule has 14 nitrogen and oxygen atoms in total. The van der Waals surface area contributed by atoms with Gasteiger partial charge in [0.15, 0.2) is 12.4 Å². The summed E-state index contributed by atoms with van der Waals surface area (Å²) in [7, 11) is 0. The smallest absolute Gasteiger partial charge is 0.409 e. The average Bonchev–Trinajstić information content (AvgIpc) is 3.43. The first-order valence-corrected chi connectivity index (χ1v) is 14.1. The van der Waals surface area contributed by atoms with Crippen LogP contribution in [0.25, 0.3) is 10.9 Å². The van der Waals surface area contributed by atoms with Crippen molar-refractivity contribution < 1.29 is 43.3 Å². The Morgan fingerprint density at radius 2 is 1.74 bits per heavy atom. The number of Topliss-reactive ketones (excluding diaryl/α,β-unsaturated/α-hetero) is 1. The van der Waals surface area contributed by atoms with Gasteiger partial charge < -0.3 is 34.6 Å². The topological polar surface area (TPSA) is 176 Å². The number of likely N-dealkylation sites (tertiary alicyclic amines) is 1. The summed E-state index contributed by atoms with van der Waals surface area (Å²) in [4.78, 5) is 83.2. The number of hydrogen-bond acceptors (Lipinski definition) is 9. The van der Waals surface area contributed by atoms with Crippen LogP contribution in [0.2, 0.25) is 0 Å². The summed E-state index contributed by atoms with van der Waals surface area (Å²) in [5, 5.41) is 12.4. The molecule has 2 aliphatic heterocycles. The van der Waals surface area contributed by atoms with E-state index in [0.717, 1.165) is 5.56 Å². The molecule has 0 aliphatic carbocycles. The summed E-state index contributed by atoms with van der Waals surface area (Å²) in [6.45, 7) is 4.66. The zero-order chi connectivity index (χ0) is 31.1. The van der Waals surface area contributed by atoms with Crippen molar-refractivity contribution in [1.29, 1.82) is 0 Å². The Labute approximate surface area is 247 Å². The molecule has 0 spiro atoms. The fourth-order valence-electron chi connectivity index (χ4n) is 4.92. The van der Waals surface area contributed by atoms with Crippen molar-refractivity contribution in [3.63, 3.8) is 0 Å². The summed E-state index contributed by atoms with van der Waals surface area (Å²) in [5.74, 6) is -2.49. The summed E-state index contributed by atoms with van der Waals surface area (Å²) in [6, 6.07) is 5.54. The van der Waals surface area contributed by atoms with Gasteiger partial charge in [-0.1, -0.05) is 6.07 Å². The number of rotatable bonds is 10. The largest absolute Gasteiger partial charge is 0.483 e. The van der Waals surface area contributed by atoms with Crippen LogP contribution in [-0.2, 0) is 23.9 Å². The van der Waals surface area contributed by atoms with Crippen LogP contribution in [0, 0.1) is 6.92 Å². The van der Waals surface area contributed by atoms with Crippen LogP contribution < -0.4 is 10.1 Å². The average molecular weight is 598 g/mol. The number of carbonyl (C=O) groups excluding carboxylic acids is 5. The van der Waals surface area contributed by atoms with E-state index in [1.165, 1.54) is 20.8 Å². The van der Waals surface area contributed by atoms with Crippen LogP contribution >= 0.6 is 0 Å². The van der Waals surface area contributed by atoms with Gasteiger partial charge in [0.05, 0.1) is 18.7 Å². The van der Waals surface area contributed by atoms with Crippen molar-refractivity contribution in [2.45, 2.75) is 39.2 Å². The number of benzene rings is 1. The van der Waals surface area contributed by atoms with Crippen molar-refractivity contribution in [3.05, 3.63) is 35.5 Å². The number of fused-ring (bicyclic) bond motifs is 1. The molecule has 43 heavy (non-hydrogen) atoms. The standard InChI is InChI=1S/C29H35N5O9/c1-3-42-29(41)33-12-10-32(11-13-33)28(40)21(6-7-26(37)38)31-27(39)23-15-24(20-5-4-18(2)14-22(20)30-23)43-17-25(36)34-9-8-19(35)16-34/h4-5,14-15,21H,3,6-13,16-17H2,1-2H3,(H,31,39)(H,37,38). The molecule has 0 bridgehead atoms. The Kier molecular flexibility index (Phi) is 10.1. The van der Waals surface area contributed by atoms with E-state index in [1.807, 2.05) is 13.0 Å². The predicted molar refractivity (Wildman–Crippen MR) is 151 cm³/mol. The minimum atomic E-state index is -1.16. The highest BCUT2D eigenvalue weighted by atomic mass is 16.6. The van der Waals surface area contributed by atoms with Crippen LogP contribution in [0.3, 0.4) is 0 Å². The number of aliphatic carboxylic acids is 1. The first-order valence-electron chi connectivity index (χ1n) is 14.1. The highest BCUT2D eigenvalue weighted by Crippen LogP contribution is 2.27.